The van der Waals surface area contributed by atoms with Crippen LogP contribution in [0.2, 0.25) is 5.02 Å². The molecule has 46 heavy (non-hydrogen) atoms. The Morgan fingerprint density at radius 1 is 0.826 bits per heavy atom. The maximum absolute atomic E-state index is 14.7. The van der Waals surface area contributed by atoms with E-state index in [9.17, 15) is 18.0 Å². The fourth-order valence-electron chi connectivity index (χ4n) is 5.23. The number of sulfonamides is 1. The lowest BCUT2D eigenvalue weighted by Crippen LogP contribution is -2.56. The number of nitrogens with zero attached hydrogens (tertiary/aromatic N) is 2. The first-order valence-corrected chi connectivity index (χ1v) is 17.0. The molecule has 0 heterocycles. The second-order valence-electron chi connectivity index (χ2n) is 12.6. The molecule has 1 atom stereocenters. The number of amides is 2. The van der Waals surface area contributed by atoms with Crippen LogP contribution >= 0.6 is 11.6 Å². The van der Waals surface area contributed by atoms with Gasteiger partial charge in [0.25, 0.3) is 10.0 Å². The van der Waals surface area contributed by atoms with Crippen molar-refractivity contribution in [3.05, 3.63) is 130 Å². The molecule has 0 radical (unpaired) electrons. The average Bonchev–Trinajstić information content (AvgIpc) is 2.98. The maximum atomic E-state index is 14.7. The molecule has 0 fully saturated rings. The van der Waals surface area contributed by atoms with E-state index < -0.39 is 34.1 Å². The molecule has 0 aromatic heterocycles. The fraction of sp³-hybridized carbons (Fsp3) is 0.297. The standard InChI is InChI=1S/C37H42ClN3O4S/c1-26-16-19-32(20-17-26)46(44,45)41(33-21-18-31(38)22-28(33)3)25-35(42)40(24-30-15-11-10-12-27(30)2)34(36(43)39-37(4,5)6)23-29-13-8-7-9-14-29/h7-22,34H,23-25H2,1-6H3,(H,39,43)/t34-/m0/s1. The van der Waals surface area contributed by atoms with E-state index in [1.807, 2.05) is 89.2 Å². The monoisotopic (exact) mass is 659 g/mol. The van der Waals surface area contributed by atoms with Gasteiger partial charge in [0.1, 0.15) is 12.6 Å². The van der Waals surface area contributed by atoms with Gasteiger partial charge >= 0.3 is 0 Å². The van der Waals surface area contributed by atoms with E-state index >= 15 is 0 Å². The predicted octanol–water partition coefficient (Wildman–Crippen LogP) is 7.02. The predicted molar refractivity (Wildman–Crippen MR) is 185 cm³/mol. The number of carbonyl (C=O) groups excluding carboxylic acids is 2. The first-order valence-electron chi connectivity index (χ1n) is 15.2. The smallest absolute Gasteiger partial charge is 0.264 e. The number of benzene rings is 4. The highest BCUT2D eigenvalue weighted by molar-refractivity contribution is 7.92. The number of hydrogen-bond donors (Lipinski definition) is 1. The normalized spacial score (nSPS) is 12.3. The SMILES string of the molecule is Cc1ccc(S(=O)(=O)N(CC(=O)N(Cc2ccccc2C)[C@@H](Cc2ccccc2)C(=O)NC(C)(C)C)c2ccc(Cl)cc2C)cc1. The number of carbonyl (C=O) groups is 2. The van der Waals surface area contributed by atoms with Gasteiger partial charge in [-0.05, 0) is 94.1 Å². The molecule has 4 aromatic rings. The highest BCUT2D eigenvalue weighted by Gasteiger charge is 2.36. The van der Waals surface area contributed by atoms with Crippen molar-refractivity contribution in [2.75, 3.05) is 10.8 Å². The summed E-state index contributed by atoms with van der Waals surface area (Å²) in [5.41, 5.74) is 3.94. The van der Waals surface area contributed by atoms with E-state index in [0.29, 0.717) is 16.3 Å². The minimum atomic E-state index is -4.21. The van der Waals surface area contributed by atoms with Gasteiger partial charge in [0.2, 0.25) is 11.8 Å². The van der Waals surface area contributed by atoms with Gasteiger partial charge in [-0.15, -0.1) is 0 Å². The Labute approximate surface area is 278 Å². The Hall–Kier alpha value is -4.14. The van der Waals surface area contributed by atoms with Crippen LogP contribution in [0.1, 0.15) is 48.6 Å². The summed E-state index contributed by atoms with van der Waals surface area (Å²) < 4.78 is 29.7. The molecule has 242 valence electrons. The summed E-state index contributed by atoms with van der Waals surface area (Å²) in [6, 6.07) is 27.6. The Balaban J connectivity index is 1.85. The molecule has 0 aliphatic rings. The Kier molecular flexibility index (Phi) is 11.0. The van der Waals surface area contributed by atoms with Crippen LogP contribution < -0.4 is 9.62 Å². The Bertz CT molecular complexity index is 1790. The van der Waals surface area contributed by atoms with Gasteiger partial charge in [-0.1, -0.05) is 83.9 Å². The van der Waals surface area contributed by atoms with E-state index in [1.165, 1.54) is 17.0 Å². The summed E-state index contributed by atoms with van der Waals surface area (Å²) >= 11 is 6.25. The summed E-state index contributed by atoms with van der Waals surface area (Å²) in [5, 5.41) is 3.51. The van der Waals surface area contributed by atoms with Crippen LogP contribution in [0, 0.1) is 20.8 Å². The Morgan fingerprint density at radius 3 is 2.07 bits per heavy atom. The molecule has 0 saturated carbocycles. The van der Waals surface area contributed by atoms with E-state index in [0.717, 1.165) is 26.6 Å². The average molecular weight is 660 g/mol. The molecule has 0 spiro atoms. The number of hydrogen-bond acceptors (Lipinski definition) is 4. The number of nitrogens with one attached hydrogen (secondary N) is 1. The zero-order chi connectivity index (χ0) is 33.6. The van der Waals surface area contributed by atoms with Crippen LogP contribution in [-0.4, -0.2) is 43.3 Å². The molecule has 0 unspecified atom stereocenters. The molecular weight excluding hydrogens is 618 g/mol. The van der Waals surface area contributed by atoms with Gasteiger partial charge in [-0.25, -0.2) is 8.42 Å². The fourth-order valence-corrected chi connectivity index (χ4v) is 6.93. The molecule has 9 heteroatoms. The highest BCUT2D eigenvalue weighted by Crippen LogP contribution is 2.30. The van der Waals surface area contributed by atoms with Crippen LogP contribution in [0.4, 0.5) is 5.69 Å². The molecule has 0 aliphatic heterocycles. The quantitative estimate of drug-likeness (QED) is 0.188. The summed E-state index contributed by atoms with van der Waals surface area (Å²) in [5.74, 6) is -0.841. The first kappa shape index (κ1) is 34.7. The summed E-state index contributed by atoms with van der Waals surface area (Å²) in [6.07, 6.45) is 0.241. The topological polar surface area (TPSA) is 86.8 Å². The third-order valence-corrected chi connectivity index (χ3v) is 9.70. The van der Waals surface area contributed by atoms with Crippen molar-refractivity contribution in [2.24, 2.45) is 0 Å². The number of halogens is 1. The molecular formula is C37H42ClN3O4S. The van der Waals surface area contributed by atoms with Crippen molar-refractivity contribution in [3.63, 3.8) is 0 Å². The van der Waals surface area contributed by atoms with Gasteiger partial charge in [-0.3, -0.25) is 13.9 Å². The van der Waals surface area contributed by atoms with Crippen molar-refractivity contribution in [1.29, 1.82) is 0 Å². The molecule has 7 nitrogen and oxygen atoms in total. The number of rotatable bonds is 11. The van der Waals surface area contributed by atoms with Gasteiger partial charge in [0.05, 0.1) is 10.6 Å². The second-order valence-corrected chi connectivity index (χ2v) is 14.9. The largest absolute Gasteiger partial charge is 0.350 e. The van der Waals surface area contributed by atoms with Crippen LogP contribution in [0.25, 0.3) is 0 Å². The van der Waals surface area contributed by atoms with Crippen molar-refractivity contribution in [1.82, 2.24) is 10.2 Å². The lowest BCUT2D eigenvalue weighted by Gasteiger charge is -2.36. The number of aryl methyl sites for hydroxylation is 3. The minimum absolute atomic E-state index is 0.0528. The van der Waals surface area contributed by atoms with E-state index in [2.05, 4.69) is 5.32 Å². The van der Waals surface area contributed by atoms with Crippen molar-refractivity contribution >= 4 is 39.1 Å². The Morgan fingerprint density at radius 2 is 1.46 bits per heavy atom. The lowest BCUT2D eigenvalue weighted by molar-refractivity contribution is -0.140. The van der Waals surface area contributed by atoms with Crippen molar-refractivity contribution < 1.29 is 18.0 Å². The van der Waals surface area contributed by atoms with E-state index in [1.54, 1.807) is 37.3 Å². The van der Waals surface area contributed by atoms with Crippen LogP contribution in [0.3, 0.4) is 0 Å². The third-order valence-electron chi connectivity index (χ3n) is 7.69. The van der Waals surface area contributed by atoms with Crippen LogP contribution in [0.5, 0.6) is 0 Å². The van der Waals surface area contributed by atoms with Gasteiger partial charge < -0.3 is 10.2 Å². The zero-order valence-electron chi connectivity index (χ0n) is 27.2. The lowest BCUT2D eigenvalue weighted by atomic mass is 10.00. The first-order chi connectivity index (χ1) is 21.7. The highest BCUT2D eigenvalue weighted by atomic mass is 35.5. The molecule has 0 saturated heterocycles. The van der Waals surface area contributed by atoms with E-state index in [-0.39, 0.29) is 23.8 Å². The third kappa shape index (κ3) is 8.77. The van der Waals surface area contributed by atoms with Crippen LogP contribution in [-0.2, 0) is 32.6 Å². The van der Waals surface area contributed by atoms with E-state index in [4.69, 9.17) is 11.6 Å². The zero-order valence-corrected chi connectivity index (χ0v) is 28.8. The van der Waals surface area contributed by atoms with Crippen molar-refractivity contribution in [3.8, 4) is 0 Å². The maximum Gasteiger partial charge on any atom is 0.264 e. The molecule has 4 rings (SSSR count). The molecule has 1 N–H and O–H groups in total. The van der Waals surface area contributed by atoms with Crippen molar-refractivity contribution in [2.45, 2.75) is 71.0 Å². The number of anilines is 1. The molecule has 4 aromatic carbocycles. The summed E-state index contributed by atoms with van der Waals surface area (Å²) in [6.45, 7) is 10.8. The minimum Gasteiger partial charge on any atom is -0.350 e. The van der Waals surface area contributed by atoms with Crippen LogP contribution in [0.15, 0.2) is 102 Å². The molecule has 2 amide bonds. The summed E-state index contributed by atoms with van der Waals surface area (Å²) in [7, 11) is -4.21. The van der Waals surface area contributed by atoms with Gasteiger partial charge in [0, 0.05) is 23.5 Å². The molecule has 0 aliphatic carbocycles. The van der Waals surface area contributed by atoms with Gasteiger partial charge in [-0.2, -0.15) is 0 Å². The molecule has 0 bridgehead atoms. The second kappa shape index (κ2) is 14.5. The van der Waals surface area contributed by atoms with Gasteiger partial charge in [0.15, 0.2) is 0 Å². The summed E-state index contributed by atoms with van der Waals surface area (Å²) in [4.78, 5) is 30.3.